The number of nitrogens with one attached hydrogen (secondary N) is 2. The third kappa shape index (κ3) is 5.93. The molecule has 0 amide bonds. The average molecular weight is 364 g/mol. The van der Waals surface area contributed by atoms with Crippen molar-refractivity contribution in [2.45, 2.75) is 6.42 Å². The third-order valence-corrected chi connectivity index (χ3v) is 3.75. The van der Waals surface area contributed by atoms with Gasteiger partial charge in [0.2, 0.25) is 5.95 Å². The van der Waals surface area contributed by atoms with Gasteiger partial charge in [0.25, 0.3) is 0 Å². The molecule has 0 unspecified atom stereocenters. The van der Waals surface area contributed by atoms with Gasteiger partial charge in [-0.15, -0.1) is 5.10 Å². The normalized spacial score (nSPS) is 10.6. The summed E-state index contributed by atoms with van der Waals surface area (Å²) in [5, 5.41) is 14.5. The van der Waals surface area contributed by atoms with E-state index in [1.807, 2.05) is 54.6 Å². The molecule has 0 radical (unpaired) electrons. The molecule has 0 aliphatic carbocycles. The maximum atomic E-state index is 5.96. The van der Waals surface area contributed by atoms with E-state index < -0.39 is 0 Å². The van der Waals surface area contributed by atoms with Gasteiger partial charge in [-0.3, -0.25) is 0 Å². The fourth-order valence-corrected chi connectivity index (χ4v) is 2.45. The topological polar surface area (TPSA) is 75.2 Å². The summed E-state index contributed by atoms with van der Waals surface area (Å²) >= 11 is 0. The number of benzene rings is 2. The highest BCUT2D eigenvalue weighted by Crippen LogP contribution is 2.30. The molecule has 1 aromatic heterocycles. The van der Waals surface area contributed by atoms with Crippen LogP contribution in [0.1, 0.15) is 6.42 Å². The third-order valence-electron chi connectivity index (χ3n) is 3.75. The first-order chi connectivity index (χ1) is 13.2. The van der Waals surface area contributed by atoms with Crippen molar-refractivity contribution in [2.75, 3.05) is 37.8 Å². The number of ether oxygens (including phenoxy) is 1. The zero-order valence-corrected chi connectivity index (χ0v) is 15.6. The number of hydrogen-bond acceptors (Lipinski definition) is 7. The molecular formula is C20H24N6O. The zero-order chi connectivity index (χ0) is 18.9. The number of hydrogen-bond donors (Lipinski definition) is 2. The van der Waals surface area contributed by atoms with Crippen LogP contribution in [0.3, 0.4) is 0 Å². The van der Waals surface area contributed by atoms with Gasteiger partial charge in [0.1, 0.15) is 5.75 Å². The number of aromatic nitrogens is 3. The molecule has 3 rings (SSSR count). The first-order valence-corrected chi connectivity index (χ1v) is 8.88. The van der Waals surface area contributed by atoms with Crippen LogP contribution in [0.25, 0.3) is 0 Å². The number of nitrogens with zero attached hydrogens (tertiary/aromatic N) is 4. The van der Waals surface area contributed by atoms with E-state index in [9.17, 15) is 0 Å². The quantitative estimate of drug-likeness (QED) is 0.560. The zero-order valence-electron chi connectivity index (χ0n) is 15.6. The second-order valence-corrected chi connectivity index (χ2v) is 6.29. The molecule has 2 N–H and O–H groups in total. The predicted octanol–water partition coefficient (Wildman–Crippen LogP) is 3.77. The Morgan fingerprint density at radius 3 is 2.59 bits per heavy atom. The van der Waals surface area contributed by atoms with Crippen molar-refractivity contribution < 1.29 is 4.74 Å². The van der Waals surface area contributed by atoms with Crippen molar-refractivity contribution in [1.29, 1.82) is 0 Å². The minimum Gasteiger partial charge on any atom is -0.455 e. The Balaban J connectivity index is 1.66. The Hall–Kier alpha value is -3.19. The van der Waals surface area contributed by atoms with Crippen molar-refractivity contribution in [3.63, 3.8) is 0 Å². The molecule has 3 aromatic rings. The van der Waals surface area contributed by atoms with Crippen LogP contribution < -0.4 is 15.4 Å². The Bertz CT molecular complexity index is 841. The van der Waals surface area contributed by atoms with E-state index in [4.69, 9.17) is 4.74 Å². The lowest BCUT2D eigenvalue weighted by Crippen LogP contribution is -2.17. The summed E-state index contributed by atoms with van der Waals surface area (Å²) in [7, 11) is 4.12. The molecule has 0 spiro atoms. The molecular weight excluding hydrogens is 340 g/mol. The first kappa shape index (κ1) is 18.6. The van der Waals surface area contributed by atoms with Gasteiger partial charge in [0.15, 0.2) is 11.6 Å². The van der Waals surface area contributed by atoms with Crippen LogP contribution in [0.4, 0.5) is 17.5 Å². The fraction of sp³-hybridized carbons (Fsp3) is 0.250. The van der Waals surface area contributed by atoms with Gasteiger partial charge >= 0.3 is 0 Å². The lowest BCUT2D eigenvalue weighted by molar-refractivity contribution is 0.405. The minimum absolute atomic E-state index is 0.414. The molecule has 2 aromatic carbocycles. The predicted molar refractivity (Wildman–Crippen MR) is 108 cm³/mol. The van der Waals surface area contributed by atoms with Crippen molar-refractivity contribution in [1.82, 2.24) is 20.1 Å². The molecule has 0 bridgehead atoms. The Labute approximate surface area is 159 Å². The van der Waals surface area contributed by atoms with E-state index >= 15 is 0 Å². The molecule has 0 saturated carbocycles. The maximum Gasteiger partial charge on any atom is 0.249 e. The van der Waals surface area contributed by atoms with Crippen molar-refractivity contribution in [2.24, 2.45) is 0 Å². The van der Waals surface area contributed by atoms with Crippen LogP contribution in [0.5, 0.6) is 11.5 Å². The smallest absolute Gasteiger partial charge is 0.249 e. The second kappa shape index (κ2) is 9.49. The average Bonchev–Trinajstić information content (AvgIpc) is 2.68. The Morgan fingerprint density at radius 2 is 1.78 bits per heavy atom. The molecule has 7 nitrogen and oxygen atoms in total. The van der Waals surface area contributed by atoms with Gasteiger partial charge in [-0.2, -0.15) is 10.1 Å². The van der Waals surface area contributed by atoms with Crippen LogP contribution >= 0.6 is 0 Å². The molecule has 140 valence electrons. The minimum atomic E-state index is 0.414. The van der Waals surface area contributed by atoms with Crippen molar-refractivity contribution >= 4 is 17.5 Å². The monoisotopic (exact) mass is 364 g/mol. The molecule has 0 aliphatic heterocycles. The second-order valence-electron chi connectivity index (χ2n) is 6.29. The van der Waals surface area contributed by atoms with Crippen molar-refractivity contribution in [3.05, 3.63) is 60.8 Å². The molecule has 7 heteroatoms. The van der Waals surface area contributed by atoms with Gasteiger partial charge in [-0.1, -0.05) is 30.3 Å². The van der Waals surface area contributed by atoms with Crippen molar-refractivity contribution in [3.8, 4) is 11.5 Å². The maximum absolute atomic E-state index is 5.96. The number of para-hydroxylation sites is 3. The van der Waals surface area contributed by atoms with E-state index in [0.717, 1.165) is 30.9 Å². The summed E-state index contributed by atoms with van der Waals surface area (Å²) in [4.78, 5) is 6.62. The number of rotatable bonds is 9. The standard InChI is InChI=1S/C20H24N6O/c1-26(2)14-8-13-21-19-15-22-25-20(24-19)23-17-11-6-7-12-18(17)27-16-9-4-3-5-10-16/h3-7,9-12,15H,8,13-14H2,1-2H3,(H2,21,23,24,25). The van der Waals surface area contributed by atoms with Gasteiger partial charge < -0.3 is 20.3 Å². The van der Waals surface area contributed by atoms with Gasteiger partial charge in [-0.25, -0.2) is 0 Å². The van der Waals surface area contributed by atoms with Crippen LogP contribution in [-0.4, -0.2) is 47.3 Å². The molecule has 0 atom stereocenters. The highest BCUT2D eigenvalue weighted by molar-refractivity contribution is 5.63. The summed E-state index contributed by atoms with van der Waals surface area (Å²) in [6, 6.07) is 17.3. The van der Waals surface area contributed by atoms with E-state index in [0.29, 0.717) is 17.5 Å². The van der Waals surface area contributed by atoms with E-state index in [2.05, 4.69) is 44.8 Å². The van der Waals surface area contributed by atoms with E-state index in [1.54, 1.807) is 6.20 Å². The summed E-state index contributed by atoms with van der Waals surface area (Å²) < 4.78 is 5.96. The first-order valence-electron chi connectivity index (χ1n) is 8.88. The number of anilines is 3. The van der Waals surface area contributed by atoms with Crippen LogP contribution in [0.2, 0.25) is 0 Å². The molecule has 0 aliphatic rings. The fourth-order valence-electron chi connectivity index (χ4n) is 2.45. The molecule has 0 fully saturated rings. The summed E-state index contributed by atoms with van der Waals surface area (Å²) in [5.74, 6) is 2.56. The van der Waals surface area contributed by atoms with E-state index in [-0.39, 0.29) is 0 Å². The largest absolute Gasteiger partial charge is 0.455 e. The molecule has 1 heterocycles. The van der Waals surface area contributed by atoms with Gasteiger partial charge in [0.05, 0.1) is 11.9 Å². The van der Waals surface area contributed by atoms with Crippen LogP contribution in [-0.2, 0) is 0 Å². The van der Waals surface area contributed by atoms with Crippen LogP contribution in [0.15, 0.2) is 60.8 Å². The highest BCUT2D eigenvalue weighted by atomic mass is 16.5. The summed E-state index contributed by atoms with van der Waals surface area (Å²) in [6.07, 6.45) is 2.64. The highest BCUT2D eigenvalue weighted by Gasteiger charge is 2.07. The Morgan fingerprint density at radius 1 is 1.00 bits per heavy atom. The molecule has 27 heavy (non-hydrogen) atoms. The summed E-state index contributed by atoms with van der Waals surface area (Å²) in [5.41, 5.74) is 0.771. The SMILES string of the molecule is CN(C)CCCNc1cnnc(Nc2ccccc2Oc2ccccc2)n1. The lowest BCUT2D eigenvalue weighted by atomic mass is 10.3. The van der Waals surface area contributed by atoms with Gasteiger partial charge in [0, 0.05) is 6.54 Å². The van der Waals surface area contributed by atoms with Gasteiger partial charge in [-0.05, 0) is 51.3 Å². The Kier molecular flexibility index (Phi) is 6.54. The lowest BCUT2D eigenvalue weighted by Gasteiger charge is -2.13. The summed E-state index contributed by atoms with van der Waals surface area (Å²) in [6.45, 7) is 1.84. The van der Waals surface area contributed by atoms with E-state index in [1.165, 1.54) is 0 Å². The van der Waals surface area contributed by atoms with Crippen LogP contribution in [0, 0.1) is 0 Å². The molecule has 0 saturated heterocycles.